The van der Waals surface area contributed by atoms with Crippen LogP contribution in [-0.4, -0.2) is 46.9 Å². The van der Waals surface area contributed by atoms with Crippen LogP contribution in [0.1, 0.15) is 11.1 Å². The molecule has 0 unspecified atom stereocenters. The van der Waals surface area contributed by atoms with Crippen LogP contribution in [0.25, 0.3) is 17.1 Å². The van der Waals surface area contributed by atoms with E-state index in [4.69, 9.17) is 9.47 Å². The van der Waals surface area contributed by atoms with Gasteiger partial charge in [0, 0.05) is 11.3 Å². The van der Waals surface area contributed by atoms with Crippen LogP contribution in [-0.2, 0) is 4.79 Å². The zero-order valence-electron chi connectivity index (χ0n) is 19.6. The maximum atomic E-state index is 12.4. The third-order valence-corrected chi connectivity index (χ3v) is 6.03. The molecule has 1 heterocycles. The average molecular weight is 488 g/mol. The van der Waals surface area contributed by atoms with Crippen molar-refractivity contribution in [2.45, 2.75) is 12.1 Å². The molecule has 1 aromatic heterocycles. The van der Waals surface area contributed by atoms with Gasteiger partial charge in [-0.3, -0.25) is 9.36 Å². The Morgan fingerprint density at radius 2 is 1.74 bits per heavy atom. The van der Waals surface area contributed by atoms with Crippen LogP contribution >= 0.6 is 11.8 Å². The zero-order chi connectivity index (χ0) is 24.6. The normalized spacial score (nSPS) is 10.9. The molecule has 0 aliphatic rings. The van der Waals surface area contributed by atoms with Crippen molar-refractivity contribution in [2.75, 3.05) is 20.0 Å². The molecule has 35 heavy (non-hydrogen) atoms. The number of thioether (sulfide) groups is 1. The van der Waals surface area contributed by atoms with Gasteiger partial charge in [-0.05, 0) is 48.9 Å². The van der Waals surface area contributed by atoms with E-state index in [9.17, 15) is 4.79 Å². The highest BCUT2D eigenvalue weighted by molar-refractivity contribution is 7.99. The number of hydrogen-bond donors (Lipinski definition) is 1. The molecule has 0 saturated heterocycles. The Hall–Kier alpha value is -4.11. The first-order valence-electron chi connectivity index (χ1n) is 10.8. The fourth-order valence-electron chi connectivity index (χ4n) is 3.28. The topological polar surface area (TPSA) is 90.6 Å². The summed E-state index contributed by atoms with van der Waals surface area (Å²) in [5, 5.41) is 13.4. The zero-order valence-corrected chi connectivity index (χ0v) is 20.5. The Morgan fingerprint density at radius 1 is 1.00 bits per heavy atom. The van der Waals surface area contributed by atoms with Crippen LogP contribution < -0.4 is 14.9 Å². The SMILES string of the molecule is COc1ccc(-n2c(SCC(=O)N/N=C\c3cccc(OC)c3)nnc2-c2ccc(C)cc2)cc1. The number of hydrazone groups is 1. The molecule has 0 aliphatic heterocycles. The van der Waals surface area contributed by atoms with E-state index in [0.29, 0.717) is 11.0 Å². The molecule has 0 saturated carbocycles. The van der Waals surface area contributed by atoms with Crippen molar-refractivity contribution in [2.24, 2.45) is 5.10 Å². The fraction of sp³-hybridized carbons (Fsp3) is 0.154. The lowest BCUT2D eigenvalue weighted by Gasteiger charge is -2.11. The summed E-state index contributed by atoms with van der Waals surface area (Å²) in [6, 6.07) is 23.1. The summed E-state index contributed by atoms with van der Waals surface area (Å²) in [6.45, 7) is 2.04. The summed E-state index contributed by atoms with van der Waals surface area (Å²) >= 11 is 1.28. The molecule has 4 rings (SSSR count). The molecule has 8 nitrogen and oxygen atoms in total. The second kappa shape index (κ2) is 11.3. The molecule has 0 spiro atoms. The van der Waals surface area contributed by atoms with Gasteiger partial charge in [-0.25, -0.2) is 5.43 Å². The van der Waals surface area contributed by atoms with Gasteiger partial charge in [0.2, 0.25) is 0 Å². The Balaban J connectivity index is 1.51. The predicted molar refractivity (Wildman–Crippen MR) is 138 cm³/mol. The highest BCUT2D eigenvalue weighted by Crippen LogP contribution is 2.29. The van der Waals surface area contributed by atoms with Crippen LogP contribution in [0.15, 0.2) is 83.1 Å². The van der Waals surface area contributed by atoms with Gasteiger partial charge in [0.25, 0.3) is 5.91 Å². The van der Waals surface area contributed by atoms with Gasteiger partial charge in [-0.2, -0.15) is 5.10 Å². The van der Waals surface area contributed by atoms with Crippen molar-refractivity contribution >= 4 is 23.9 Å². The average Bonchev–Trinajstić information content (AvgIpc) is 3.32. The number of benzene rings is 3. The molecular formula is C26H25N5O3S. The number of carbonyl (C=O) groups is 1. The largest absolute Gasteiger partial charge is 0.497 e. The molecule has 1 N–H and O–H groups in total. The van der Waals surface area contributed by atoms with Crippen LogP contribution in [0.3, 0.4) is 0 Å². The summed E-state index contributed by atoms with van der Waals surface area (Å²) in [7, 11) is 3.23. The first-order valence-corrected chi connectivity index (χ1v) is 11.8. The number of ether oxygens (including phenoxy) is 2. The first kappa shape index (κ1) is 24.0. The summed E-state index contributed by atoms with van der Waals surface area (Å²) in [5.41, 5.74) is 6.32. The van der Waals surface area contributed by atoms with E-state index in [2.05, 4.69) is 20.7 Å². The minimum atomic E-state index is -0.254. The standard InChI is InChI=1S/C26H25N5O3S/c1-18-7-9-20(10-8-18)25-29-30-26(31(25)21-11-13-22(33-2)14-12-21)35-17-24(32)28-27-16-19-5-4-6-23(15-19)34-3/h4-16H,17H2,1-3H3,(H,28,32)/b27-16-. The van der Waals surface area contributed by atoms with Crippen LogP contribution in [0.2, 0.25) is 0 Å². The third-order valence-electron chi connectivity index (χ3n) is 5.10. The molecule has 0 fully saturated rings. The molecule has 9 heteroatoms. The minimum Gasteiger partial charge on any atom is -0.497 e. The van der Waals surface area contributed by atoms with Crippen molar-refractivity contribution in [1.82, 2.24) is 20.2 Å². The van der Waals surface area contributed by atoms with E-state index in [1.807, 2.05) is 84.3 Å². The quantitative estimate of drug-likeness (QED) is 0.212. The van der Waals surface area contributed by atoms with E-state index in [0.717, 1.165) is 33.9 Å². The number of aromatic nitrogens is 3. The van der Waals surface area contributed by atoms with Gasteiger partial charge >= 0.3 is 0 Å². The minimum absolute atomic E-state index is 0.123. The van der Waals surface area contributed by atoms with Gasteiger partial charge in [0.1, 0.15) is 11.5 Å². The molecule has 178 valence electrons. The Labute approximate surface area is 208 Å². The number of amides is 1. The predicted octanol–water partition coefficient (Wildman–Crippen LogP) is 4.50. The third kappa shape index (κ3) is 6.07. The van der Waals surface area contributed by atoms with E-state index in [1.165, 1.54) is 11.8 Å². The molecule has 0 atom stereocenters. The maximum Gasteiger partial charge on any atom is 0.250 e. The first-order chi connectivity index (χ1) is 17.1. The number of carbonyl (C=O) groups excluding carboxylic acids is 1. The van der Waals surface area contributed by atoms with Crippen molar-refractivity contribution in [3.8, 4) is 28.6 Å². The molecule has 0 radical (unpaired) electrons. The van der Waals surface area contributed by atoms with E-state index >= 15 is 0 Å². The van der Waals surface area contributed by atoms with Gasteiger partial charge < -0.3 is 9.47 Å². The monoisotopic (exact) mass is 487 g/mol. The second-order valence-electron chi connectivity index (χ2n) is 7.56. The Bertz CT molecular complexity index is 1320. The molecule has 0 bridgehead atoms. The Morgan fingerprint density at radius 3 is 2.46 bits per heavy atom. The second-order valence-corrected chi connectivity index (χ2v) is 8.51. The lowest BCUT2D eigenvalue weighted by atomic mass is 10.1. The number of hydrogen-bond acceptors (Lipinski definition) is 7. The molecule has 3 aromatic carbocycles. The van der Waals surface area contributed by atoms with Gasteiger partial charge in [0.15, 0.2) is 11.0 Å². The summed E-state index contributed by atoms with van der Waals surface area (Å²) < 4.78 is 12.4. The number of aryl methyl sites for hydroxylation is 1. The van der Waals surface area contributed by atoms with Crippen molar-refractivity contribution in [1.29, 1.82) is 0 Å². The number of rotatable bonds is 9. The fourth-order valence-corrected chi connectivity index (χ4v) is 4.02. The molecule has 4 aromatic rings. The number of methoxy groups -OCH3 is 2. The van der Waals surface area contributed by atoms with Crippen molar-refractivity contribution in [3.05, 3.63) is 83.9 Å². The van der Waals surface area contributed by atoms with Crippen molar-refractivity contribution < 1.29 is 14.3 Å². The van der Waals surface area contributed by atoms with Crippen LogP contribution in [0.4, 0.5) is 0 Å². The highest BCUT2D eigenvalue weighted by Gasteiger charge is 2.17. The highest BCUT2D eigenvalue weighted by atomic mass is 32.2. The lowest BCUT2D eigenvalue weighted by Crippen LogP contribution is -2.20. The summed E-state index contributed by atoms with van der Waals surface area (Å²) in [6.07, 6.45) is 1.57. The van der Waals surface area contributed by atoms with Crippen LogP contribution in [0, 0.1) is 6.92 Å². The molecular weight excluding hydrogens is 462 g/mol. The van der Waals surface area contributed by atoms with E-state index < -0.39 is 0 Å². The molecule has 0 aliphatic carbocycles. The lowest BCUT2D eigenvalue weighted by molar-refractivity contribution is -0.118. The van der Waals surface area contributed by atoms with Gasteiger partial charge in [-0.1, -0.05) is 53.7 Å². The number of nitrogens with zero attached hydrogens (tertiary/aromatic N) is 4. The maximum absolute atomic E-state index is 12.4. The smallest absolute Gasteiger partial charge is 0.250 e. The van der Waals surface area contributed by atoms with Crippen LogP contribution in [0.5, 0.6) is 11.5 Å². The number of nitrogens with one attached hydrogen (secondary N) is 1. The van der Waals surface area contributed by atoms with Gasteiger partial charge in [0.05, 0.1) is 26.2 Å². The van der Waals surface area contributed by atoms with E-state index in [-0.39, 0.29) is 11.7 Å². The van der Waals surface area contributed by atoms with Gasteiger partial charge in [-0.15, -0.1) is 10.2 Å². The van der Waals surface area contributed by atoms with E-state index in [1.54, 1.807) is 20.4 Å². The summed E-state index contributed by atoms with van der Waals surface area (Å²) in [5.74, 6) is 2.03. The summed E-state index contributed by atoms with van der Waals surface area (Å²) in [4.78, 5) is 12.4. The van der Waals surface area contributed by atoms with Crippen molar-refractivity contribution in [3.63, 3.8) is 0 Å². The molecule has 1 amide bonds. The Kier molecular flexibility index (Phi) is 7.79.